The minimum atomic E-state index is -0.578. The molecule has 1 atom stereocenters. The number of ether oxygens (including phenoxy) is 1. The lowest BCUT2D eigenvalue weighted by molar-refractivity contribution is -0.0321. The lowest BCUT2D eigenvalue weighted by Gasteiger charge is -2.34. The van der Waals surface area contributed by atoms with E-state index in [4.69, 9.17) is 30.3 Å². The van der Waals surface area contributed by atoms with E-state index in [0.29, 0.717) is 24.8 Å². The van der Waals surface area contributed by atoms with Crippen LogP contribution in [0.4, 0.5) is 0 Å². The smallest absolute Gasteiger partial charge is 0.491 e. The molecule has 0 aliphatic carbocycles. The van der Waals surface area contributed by atoms with Crippen LogP contribution < -0.4 is 4.74 Å². The van der Waals surface area contributed by atoms with Crippen LogP contribution in [0.1, 0.15) is 0 Å². The fourth-order valence-corrected chi connectivity index (χ4v) is 2.48. The molecule has 4 rings (SSSR count). The van der Waals surface area contributed by atoms with Gasteiger partial charge < -0.3 is 18.7 Å². The summed E-state index contributed by atoms with van der Waals surface area (Å²) >= 11 is 5.93. The van der Waals surface area contributed by atoms with Crippen LogP contribution in [0.2, 0.25) is 5.02 Å². The number of fused-ring (bicyclic) bond motifs is 6. The summed E-state index contributed by atoms with van der Waals surface area (Å²) in [7, 11) is -0.578. The van der Waals surface area contributed by atoms with Crippen LogP contribution in [0.25, 0.3) is 0 Å². The fourth-order valence-electron chi connectivity index (χ4n) is 2.30. The molecule has 0 amide bonds. The highest BCUT2D eigenvalue weighted by Crippen LogP contribution is 2.18. The van der Waals surface area contributed by atoms with Gasteiger partial charge in [0.2, 0.25) is 0 Å². The van der Waals surface area contributed by atoms with Gasteiger partial charge in [0.15, 0.2) is 0 Å². The predicted molar refractivity (Wildman–Crippen MR) is 75.9 cm³/mol. The van der Waals surface area contributed by atoms with Crippen molar-refractivity contribution in [3.05, 3.63) is 29.3 Å². The zero-order valence-corrected chi connectivity index (χ0v) is 11.9. The third-order valence-electron chi connectivity index (χ3n) is 3.32. The van der Waals surface area contributed by atoms with E-state index in [1.165, 1.54) is 0 Å². The van der Waals surface area contributed by atoms with Crippen molar-refractivity contribution in [3.8, 4) is 5.75 Å². The van der Waals surface area contributed by atoms with Gasteiger partial charge >= 0.3 is 7.32 Å². The van der Waals surface area contributed by atoms with Crippen LogP contribution in [0.3, 0.4) is 0 Å². The maximum absolute atomic E-state index is 5.93. The number of rotatable bonds is 3. The van der Waals surface area contributed by atoms with Crippen LogP contribution >= 0.6 is 11.6 Å². The third kappa shape index (κ3) is 3.87. The number of halogens is 1. The fraction of sp³-hybridized carbons (Fsp3) is 0.538. The molecule has 0 unspecified atom stereocenters. The Hall–Kier alpha value is -0.785. The zero-order valence-electron chi connectivity index (χ0n) is 11.2. The Bertz CT molecular complexity index is 426. The number of hydrogen-bond acceptors (Lipinski definition) is 5. The van der Waals surface area contributed by atoms with E-state index < -0.39 is 7.32 Å². The van der Waals surface area contributed by atoms with E-state index in [1.54, 1.807) is 6.07 Å². The van der Waals surface area contributed by atoms with Crippen molar-refractivity contribution < 1.29 is 18.7 Å². The van der Waals surface area contributed by atoms with Crippen LogP contribution in [-0.4, -0.2) is 57.8 Å². The molecular formula is C13H17BClNO4. The molecular weight excluding hydrogens is 280 g/mol. The second-order valence-corrected chi connectivity index (χ2v) is 5.29. The van der Waals surface area contributed by atoms with Gasteiger partial charge in [-0.25, -0.2) is 0 Å². The van der Waals surface area contributed by atoms with Gasteiger partial charge in [0.1, 0.15) is 12.4 Å². The first-order chi connectivity index (χ1) is 9.79. The second-order valence-electron chi connectivity index (χ2n) is 4.86. The average molecular weight is 298 g/mol. The van der Waals surface area contributed by atoms with Gasteiger partial charge in [-0.15, -0.1) is 0 Å². The van der Waals surface area contributed by atoms with E-state index in [9.17, 15) is 0 Å². The molecule has 7 heteroatoms. The van der Waals surface area contributed by atoms with E-state index in [2.05, 4.69) is 4.90 Å². The summed E-state index contributed by atoms with van der Waals surface area (Å²) in [5.74, 6) is 0.741. The Labute approximate surface area is 123 Å². The van der Waals surface area contributed by atoms with Crippen molar-refractivity contribution in [3.63, 3.8) is 0 Å². The van der Waals surface area contributed by atoms with Gasteiger partial charge in [-0.2, -0.15) is 0 Å². The first-order valence-electron chi connectivity index (χ1n) is 6.79. The van der Waals surface area contributed by atoms with Gasteiger partial charge in [0.25, 0.3) is 0 Å². The normalized spacial score (nSPS) is 26.8. The van der Waals surface area contributed by atoms with E-state index in [-0.39, 0.29) is 6.10 Å². The molecule has 20 heavy (non-hydrogen) atoms. The minimum Gasteiger partial charge on any atom is -0.491 e. The molecule has 3 aliphatic rings. The Kier molecular flexibility index (Phi) is 4.80. The molecule has 1 aromatic rings. The van der Waals surface area contributed by atoms with Gasteiger partial charge in [-0.3, -0.25) is 4.90 Å². The number of hydrogen-bond donors (Lipinski definition) is 0. The SMILES string of the molecule is Clc1cccc(OC[C@H]2CN3CCOB(OCC3)O2)c1. The van der Waals surface area contributed by atoms with Crippen LogP contribution in [0.15, 0.2) is 24.3 Å². The summed E-state index contributed by atoms with van der Waals surface area (Å²) in [6.07, 6.45) is -0.0837. The molecule has 0 N–H and O–H groups in total. The van der Waals surface area contributed by atoms with Gasteiger partial charge in [-0.1, -0.05) is 17.7 Å². The largest absolute Gasteiger partial charge is 0.639 e. The molecule has 0 radical (unpaired) electrons. The van der Waals surface area contributed by atoms with E-state index in [1.807, 2.05) is 18.2 Å². The molecule has 2 bridgehead atoms. The highest BCUT2D eigenvalue weighted by molar-refractivity contribution is 6.36. The first kappa shape index (κ1) is 14.2. The quantitative estimate of drug-likeness (QED) is 0.790. The minimum absolute atomic E-state index is 0.0837. The van der Waals surface area contributed by atoms with Gasteiger partial charge in [0, 0.05) is 37.9 Å². The van der Waals surface area contributed by atoms with Crippen molar-refractivity contribution in [2.75, 3.05) is 39.5 Å². The first-order valence-corrected chi connectivity index (χ1v) is 7.17. The lowest BCUT2D eigenvalue weighted by atomic mass is 10.1. The summed E-state index contributed by atoms with van der Waals surface area (Å²) in [6, 6.07) is 7.35. The van der Waals surface area contributed by atoms with Crippen molar-refractivity contribution in [1.29, 1.82) is 0 Å². The van der Waals surface area contributed by atoms with Crippen molar-refractivity contribution in [2.24, 2.45) is 0 Å². The highest BCUT2D eigenvalue weighted by atomic mass is 35.5. The Balaban J connectivity index is 1.59. The molecule has 3 aliphatic heterocycles. The predicted octanol–water partition coefficient (Wildman–Crippen LogP) is 1.45. The molecule has 5 nitrogen and oxygen atoms in total. The molecule has 3 heterocycles. The van der Waals surface area contributed by atoms with Gasteiger partial charge in [-0.05, 0) is 18.2 Å². The summed E-state index contributed by atoms with van der Waals surface area (Å²) in [5, 5.41) is 0.661. The van der Waals surface area contributed by atoms with Crippen molar-refractivity contribution in [2.45, 2.75) is 6.10 Å². The average Bonchev–Trinajstić information content (AvgIpc) is 2.35. The van der Waals surface area contributed by atoms with Gasteiger partial charge in [0.05, 0.1) is 6.10 Å². The standard InChI is InChI=1S/C13H17BClNO4/c15-11-2-1-3-12(8-11)17-10-13-9-16-4-6-18-14(20-13)19-7-5-16/h1-3,8,13H,4-7,9-10H2/t13-/m1/s1. The summed E-state index contributed by atoms with van der Waals surface area (Å²) < 4.78 is 22.5. The molecule has 0 spiro atoms. The number of benzene rings is 1. The monoisotopic (exact) mass is 297 g/mol. The summed E-state index contributed by atoms with van der Waals surface area (Å²) in [4.78, 5) is 2.27. The molecule has 0 aromatic heterocycles. The topological polar surface area (TPSA) is 40.2 Å². The van der Waals surface area contributed by atoms with Crippen molar-refractivity contribution in [1.82, 2.24) is 4.90 Å². The second kappa shape index (κ2) is 6.78. The summed E-state index contributed by atoms with van der Waals surface area (Å²) in [5.41, 5.74) is 0. The Morgan fingerprint density at radius 1 is 1.30 bits per heavy atom. The van der Waals surface area contributed by atoms with Crippen LogP contribution in [-0.2, 0) is 14.0 Å². The highest BCUT2D eigenvalue weighted by Gasteiger charge is 2.32. The van der Waals surface area contributed by atoms with Crippen molar-refractivity contribution >= 4 is 18.9 Å². The van der Waals surface area contributed by atoms with E-state index >= 15 is 0 Å². The summed E-state index contributed by atoms with van der Waals surface area (Å²) in [6.45, 7) is 4.33. The zero-order chi connectivity index (χ0) is 13.8. The maximum atomic E-state index is 5.93. The molecule has 0 saturated carbocycles. The molecule has 3 fully saturated rings. The lowest BCUT2D eigenvalue weighted by Crippen LogP contribution is -2.51. The maximum Gasteiger partial charge on any atom is 0.639 e. The molecule has 3 saturated heterocycles. The molecule has 1 aromatic carbocycles. The van der Waals surface area contributed by atoms with Crippen LogP contribution in [0.5, 0.6) is 5.75 Å². The Morgan fingerprint density at radius 2 is 2.10 bits per heavy atom. The van der Waals surface area contributed by atoms with Crippen LogP contribution in [0, 0.1) is 0 Å². The Morgan fingerprint density at radius 3 is 2.85 bits per heavy atom. The third-order valence-corrected chi connectivity index (χ3v) is 3.56. The molecule has 108 valence electrons. The number of nitrogens with zero attached hydrogens (tertiary/aromatic N) is 1. The van der Waals surface area contributed by atoms with E-state index in [0.717, 1.165) is 25.4 Å².